The Morgan fingerprint density at radius 2 is 1.96 bits per heavy atom. The fraction of sp³-hybridized carbons (Fsp3) is 0.429. The minimum atomic E-state index is 0.374. The Kier molecular flexibility index (Phi) is 5.85. The molecule has 6 heteroatoms. The molecule has 3 aromatic rings. The van der Waals surface area contributed by atoms with Crippen molar-refractivity contribution in [3.63, 3.8) is 0 Å². The van der Waals surface area contributed by atoms with Crippen LogP contribution in [-0.4, -0.2) is 14.8 Å². The summed E-state index contributed by atoms with van der Waals surface area (Å²) in [4.78, 5) is 0. The Labute approximate surface area is 165 Å². The van der Waals surface area contributed by atoms with Crippen molar-refractivity contribution in [2.75, 3.05) is 0 Å². The number of aromatic amines is 1. The maximum absolute atomic E-state index is 6.07. The molecule has 5 nitrogen and oxygen atoms in total. The number of aryl methyl sites for hydroxylation is 1. The van der Waals surface area contributed by atoms with Crippen molar-refractivity contribution in [3.8, 4) is 17.3 Å². The summed E-state index contributed by atoms with van der Waals surface area (Å²) in [6.07, 6.45) is 0. The Morgan fingerprint density at radius 3 is 2.67 bits per heavy atom. The highest BCUT2D eigenvalue weighted by molar-refractivity contribution is 7.71. The molecule has 3 rings (SSSR count). The smallest absolute Gasteiger partial charge is 0.198 e. The van der Waals surface area contributed by atoms with E-state index in [1.165, 1.54) is 11.1 Å². The van der Waals surface area contributed by atoms with E-state index in [0.717, 1.165) is 23.9 Å². The summed E-state index contributed by atoms with van der Waals surface area (Å²) in [5.41, 5.74) is 2.38. The molecule has 0 bridgehead atoms. The number of rotatable bonds is 7. The zero-order chi connectivity index (χ0) is 19.6. The second-order valence-corrected chi connectivity index (χ2v) is 7.99. The largest absolute Gasteiger partial charge is 0.485 e. The monoisotopic (exact) mass is 385 g/mol. The van der Waals surface area contributed by atoms with E-state index in [0.29, 0.717) is 29.0 Å². The second-order valence-electron chi connectivity index (χ2n) is 7.61. The number of furan rings is 1. The molecule has 0 radical (unpaired) electrons. The second kappa shape index (κ2) is 8.13. The summed E-state index contributed by atoms with van der Waals surface area (Å²) in [6, 6.07) is 10.2. The predicted molar refractivity (Wildman–Crippen MR) is 110 cm³/mol. The molecule has 0 fully saturated rings. The topological polar surface area (TPSA) is 56.0 Å². The van der Waals surface area contributed by atoms with Gasteiger partial charge in [0.15, 0.2) is 16.4 Å². The van der Waals surface area contributed by atoms with Gasteiger partial charge in [0.25, 0.3) is 0 Å². The number of benzene rings is 1. The number of nitrogens with one attached hydrogen (secondary N) is 1. The number of hydrogen-bond acceptors (Lipinski definition) is 4. The normalized spacial score (nSPS) is 11.5. The first kappa shape index (κ1) is 19.4. The van der Waals surface area contributed by atoms with Crippen molar-refractivity contribution in [1.29, 1.82) is 0 Å². The summed E-state index contributed by atoms with van der Waals surface area (Å²) < 4.78 is 14.6. The van der Waals surface area contributed by atoms with Gasteiger partial charge in [-0.25, -0.2) is 0 Å². The lowest BCUT2D eigenvalue weighted by Crippen LogP contribution is -2.06. The van der Waals surface area contributed by atoms with Crippen molar-refractivity contribution in [3.05, 3.63) is 52.0 Å². The van der Waals surface area contributed by atoms with Crippen LogP contribution in [0.15, 0.2) is 34.7 Å². The summed E-state index contributed by atoms with van der Waals surface area (Å²) in [5.74, 6) is 3.93. The van der Waals surface area contributed by atoms with Crippen LogP contribution >= 0.6 is 12.2 Å². The van der Waals surface area contributed by atoms with Crippen LogP contribution in [0.4, 0.5) is 0 Å². The molecular weight excluding hydrogens is 358 g/mol. The maximum atomic E-state index is 6.07. The minimum absolute atomic E-state index is 0.374. The molecule has 0 atom stereocenters. The summed E-state index contributed by atoms with van der Waals surface area (Å²) in [5, 5.41) is 7.19. The number of H-pyrrole nitrogens is 1. The van der Waals surface area contributed by atoms with Crippen LogP contribution in [0.25, 0.3) is 11.6 Å². The van der Waals surface area contributed by atoms with E-state index in [9.17, 15) is 0 Å². The number of aromatic nitrogens is 3. The Morgan fingerprint density at radius 1 is 1.19 bits per heavy atom. The maximum Gasteiger partial charge on any atom is 0.198 e. The summed E-state index contributed by atoms with van der Waals surface area (Å²) >= 11 is 5.34. The van der Waals surface area contributed by atoms with Gasteiger partial charge in [0, 0.05) is 6.54 Å². The molecular formula is C21H27N3O2S. The third-order valence-electron chi connectivity index (χ3n) is 4.35. The average Bonchev–Trinajstić information content (AvgIpc) is 3.20. The summed E-state index contributed by atoms with van der Waals surface area (Å²) in [6.45, 7) is 11.9. The molecule has 0 unspecified atom stereocenters. The SMILES string of the molecule is Cc1ccc(C(C)C)c(OCc2ccc(-c3n[nH]c(=S)n3CC(C)C)o2)c1. The van der Waals surface area contributed by atoms with Gasteiger partial charge in [0.1, 0.15) is 18.1 Å². The number of hydrogen-bond donors (Lipinski definition) is 1. The predicted octanol–water partition coefficient (Wildman–Crippen LogP) is 5.87. The van der Waals surface area contributed by atoms with Gasteiger partial charge < -0.3 is 9.15 Å². The van der Waals surface area contributed by atoms with Crippen molar-refractivity contribution < 1.29 is 9.15 Å². The van der Waals surface area contributed by atoms with Crippen LogP contribution in [-0.2, 0) is 13.2 Å². The lowest BCUT2D eigenvalue weighted by atomic mass is 10.0. The molecule has 2 aromatic heterocycles. The minimum Gasteiger partial charge on any atom is -0.485 e. The molecule has 1 aromatic carbocycles. The van der Waals surface area contributed by atoms with E-state index >= 15 is 0 Å². The van der Waals surface area contributed by atoms with E-state index in [4.69, 9.17) is 21.4 Å². The molecule has 0 amide bonds. The van der Waals surface area contributed by atoms with Gasteiger partial charge in [-0.1, -0.05) is 39.8 Å². The lowest BCUT2D eigenvalue weighted by Gasteiger charge is -2.14. The van der Waals surface area contributed by atoms with Crippen molar-refractivity contribution in [2.45, 2.75) is 53.7 Å². The van der Waals surface area contributed by atoms with Crippen LogP contribution in [0.3, 0.4) is 0 Å². The zero-order valence-corrected chi connectivity index (χ0v) is 17.4. The zero-order valence-electron chi connectivity index (χ0n) is 16.6. The standard InChI is InChI=1S/C21H27N3O2S/c1-13(2)11-24-20(22-23-21(24)27)18-9-7-16(26-18)12-25-19-10-15(5)6-8-17(19)14(3)4/h6-10,13-14H,11-12H2,1-5H3,(H,23,27). The molecule has 0 aliphatic carbocycles. The van der Waals surface area contributed by atoms with Gasteiger partial charge in [-0.3, -0.25) is 9.67 Å². The van der Waals surface area contributed by atoms with E-state index in [2.05, 4.69) is 63.0 Å². The van der Waals surface area contributed by atoms with Crippen LogP contribution in [0.2, 0.25) is 0 Å². The van der Waals surface area contributed by atoms with Crippen molar-refractivity contribution >= 4 is 12.2 Å². The first-order chi connectivity index (χ1) is 12.8. The highest BCUT2D eigenvalue weighted by Gasteiger charge is 2.15. The van der Waals surface area contributed by atoms with Gasteiger partial charge in [-0.2, -0.15) is 5.10 Å². The van der Waals surface area contributed by atoms with Gasteiger partial charge in [0.05, 0.1) is 0 Å². The molecule has 0 saturated carbocycles. The molecule has 1 N–H and O–H groups in total. The van der Waals surface area contributed by atoms with Crippen LogP contribution < -0.4 is 4.74 Å². The number of nitrogens with zero attached hydrogens (tertiary/aromatic N) is 2. The van der Waals surface area contributed by atoms with E-state index in [-0.39, 0.29) is 0 Å². The van der Waals surface area contributed by atoms with E-state index in [1.54, 1.807) is 0 Å². The molecule has 0 aliphatic heterocycles. The Balaban J connectivity index is 1.79. The van der Waals surface area contributed by atoms with Crippen molar-refractivity contribution in [1.82, 2.24) is 14.8 Å². The third kappa shape index (κ3) is 4.50. The van der Waals surface area contributed by atoms with E-state index < -0.39 is 0 Å². The molecule has 2 heterocycles. The molecule has 144 valence electrons. The lowest BCUT2D eigenvalue weighted by molar-refractivity contribution is 0.268. The molecule has 0 spiro atoms. The molecule has 0 aliphatic rings. The van der Waals surface area contributed by atoms with Crippen molar-refractivity contribution in [2.24, 2.45) is 5.92 Å². The van der Waals surface area contributed by atoms with Gasteiger partial charge in [-0.05, 0) is 60.3 Å². The van der Waals surface area contributed by atoms with Gasteiger partial charge >= 0.3 is 0 Å². The summed E-state index contributed by atoms with van der Waals surface area (Å²) in [7, 11) is 0. The first-order valence-electron chi connectivity index (χ1n) is 9.32. The Hall–Kier alpha value is -2.34. The van der Waals surface area contributed by atoms with Crippen LogP contribution in [0.1, 0.15) is 50.5 Å². The molecule has 0 saturated heterocycles. The van der Waals surface area contributed by atoms with Gasteiger partial charge in [-0.15, -0.1) is 0 Å². The first-order valence-corrected chi connectivity index (χ1v) is 9.73. The van der Waals surface area contributed by atoms with Gasteiger partial charge in [0.2, 0.25) is 0 Å². The fourth-order valence-electron chi connectivity index (χ4n) is 3.01. The third-order valence-corrected chi connectivity index (χ3v) is 4.66. The highest BCUT2D eigenvalue weighted by Crippen LogP contribution is 2.29. The highest BCUT2D eigenvalue weighted by atomic mass is 32.1. The number of ether oxygens (including phenoxy) is 1. The quantitative estimate of drug-likeness (QED) is 0.517. The molecule has 27 heavy (non-hydrogen) atoms. The van der Waals surface area contributed by atoms with Crippen LogP contribution in [0, 0.1) is 17.6 Å². The van der Waals surface area contributed by atoms with Crippen LogP contribution in [0.5, 0.6) is 5.75 Å². The Bertz CT molecular complexity index is 966. The van der Waals surface area contributed by atoms with E-state index in [1.807, 2.05) is 16.7 Å². The fourth-order valence-corrected chi connectivity index (χ4v) is 3.22. The average molecular weight is 386 g/mol.